The summed E-state index contributed by atoms with van der Waals surface area (Å²) in [7, 11) is -0.367. The Morgan fingerprint density at radius 2 is 1.86 bits per heavy atom. The largest absolute Gasteiger partial charge is 0.496 e. The fraction of sp³-hybridized carbons (Fsp3) is 0.667. The summed E-state index contributed by atoms with van der Waals surface area (Å²) in [6.45, 7) is 8.22. The summed E-state index contributed by atoms with van der Waals surface area (Å²) in [6.07, 6.45) is 5.67. The smallest absolute Gasteiger partial charge is 0.474 e. The Bertz CT molecular complexity index is 530. The zero-order chi connectivity index (χ0) is 15.3. The summed E-state index contributed by atoms with van der Waals surface area (Å²) < 4.78 is 19.0. The number of pyridine rings is 1. The van der Waals surface area contributed by atoms with E-state index in [0.29, 0.717) is 6.10 Å². The highest BCUT2D eigenvalue weighted by atomic mass is 127. The predicted molar refractivity (Wildman–Crippen MR) is 90.9 cm³/mol. The second-order valence-electron chi connectivity index (χ2n) is 6.81. The van der Waals surface area contributed by atoms with E-state index in [2.05, 4.69) is 55.3 Å². The van der Waals surface area contributed by atoms with Gasteiger partial charge >= 0.3 is 7.12 Å². The lowest BCUT2D eigenvalue weighted by Gasteiger charge is -2.32. The Kier molecular flexibility index (Phi) is 3.99. The van der Waals surface area contributed by atoms with Crippen LogP contribution in [-0.2, 0) is 9.31 Å². The van der Waals surface area contributed by atoms with Crippen molar-refractivity contribution >= 4 is 35.2 Å². The normalized spacial score (nSPS) is 24.0. The molecule has 1 saturated heterocycles. The van der Waals surface area contributed by atoms with E-state index in [0.717, 1.165) is 27.8 Å². The zero-order valence-electron chi connectivity index (χ0n) is 13.0. The van der Waals surface area contributed by atoms with E-state index < -0.39 is 0 Å². The number of ether oxygens (including phenoxy) is 1. The van der Waals surface area contributed by atoms with Crippen molar-refractivity contribution in [1.29, 1.82) is 0 Å². The van der Waals surface area contributed by atoms with Crippen LogP contribution < -0.4 is 10.2 Å². The molecule has 0 unspecified atom stereocenters. The summed E-state index contributed by atoms with van der Waals surface area (Å²) in [6, 6.07) is 2.05. The monoisotopic (exact) mass is 401 g/mol. The molecule has 1 aromatic rings. The Labute approximate surface area is 140 Å². The molecular weight excluding hydrogens is 380 g/mol. The lowest BCUT2D eigenvalue weighted by Crippen LogP contribution is -2.41. The number of hydrogen-bond donors (Lipinski definition) is 0. The minimum absolute atomic E-state index is 0.329. The van der Waals surface area contributed by atoms with E-state index in [-0.39, 0.29) is 18.3 Å². The van der Waals surface area contributed by atoms with Gasteiger partial charge in [-0.1, -0.05) is 0 Å². The summed E-state index contributed by atoms with van der Waals surface area (Å²) in [4.78, 5) is 4.45. The number of hydrogen-bond acceptors (Lipinski definition) is 4. The lowest BCUT2D eigenvalue weighted by molar-refractivity contribution is 0.00578. The fourth-order valence-electron chi connectivity index (χ4n) is 2.28. The van der Waals surface area contributed by atoms with Crippen molar-refractivity contribution in [1.82, 2.24) is 4.98 Å². The number of halogens is 1. The van der Waals surface area contributed by atoms with E-state index in [4.69, 9.17) is 14.0 Å². The fourth-order valence-corrected chi connectivity index (χ4v) is 2.91. The molecule has 6 heteroatoms. The van der Waals surface area contributed by atoms with Gasteiger partial charge in [-0.05, 0) is 75.6 Å². The molecule has 1 aliphatic carbocycles. The molecule has 0 atom stereocenters. The van der Waals surface area contributed by atoms with Crippen molar-refractivity contribution in [2.75, 3.05) is 0 Å². The molecule has 4 nitrogen and oxygen atoms in total. The molecule has 0 bridgehead atoms. The molecule has 2 aliphatic rings. The van der Waals surface area contributed by atoms with Crippen LogP contribution in [-0.4, -0.2) is 29.4 Å². The van der Waals surface area contributed by atoms with Crippen LogP contribution in [0.2, 0.25) is 0 Å². The van der Waals surface area contributed by atoms with Gasteiger partial charge in [0, 0.05) is 11.7 Å². The maximum atomic E-state index is 6.05. The topological polar surface area (TPSA) is 40.6 Å². The standard InChI is InChI=1S/C15H21BINO3/c1-14(2)15(3,4)21-16(20-14)10-8-12(17)13(18-9-10)19-11-6-5-7-11/h8-9,11H,5-7H2,1-4H3. The molecule has 0 radical (unpaired) electrons. The number of aromatic nitrogens is 1. The third kappa shape index (κ3) is 2.94. The molecule has 1 aromatic heterocycles. The summed E-state index contributed by atoms with van der Waals surface area (Å²) in [5, 5.41) is 0. The molecule has 1 aliphatic heterocycles. The molecule has 0 amide bonds. The quantitative estimate of drug-likeness (QED) is 0.577. The van der Waals surface area contributed by atoms with Gasteiger partial charge in [-0.2, -0.15) is 0 Å². The van der Waals surface area contributed by atoms with Crippen LogP contribution in [0.25, 0.3) is 0 Å². The first kappa shape index (κ1) is 15.6. The minimum atomic E-state index is -0.367. The minimum Gasteiger partial charge on any atom is -0.474 e. The van der Waals surface area contributed by atoms with Gasteiger partial charge in [-0.3, -0.25) is 0 Å². The first-order valence-corrected chi connectivity index (χ1v) is 8.54. The van der Waals surface area contributed by atoms with Gasteiger partial charge in [0.05, 0.1) is 14.8 Å². The van der Waals surface area contributed by atoms with Gasteiger partial charge in [0.1, 0.15) is 6.10 Å². The van der Waals surface area contributed by atoms with Gasteiger partial charge in [0.2, 0.25) is 5.88 Å². The summed E-state index contributed by atoms with van der Waals surface area (Å²) >= 11 is 2.27. The first-order chi connectivity index (χ1) is 9.78. The van der Waals surface area contributed by atoms with Gasteiger partial charge < -0.3 is 14.0 Å². The van der Waals surface area contributed by atoms with Crippen molar-refractivity contribution in [3.63, 3.8) is 0 Å². The summed E-state index contributed by atoms with van der Waals surface area (Å²) in [5.41, 5.74) is 0.285. The van der Waals surface area contributed by atoms with E-state index >= 15 is 0 Å². The average molecular weight is 401 g/mol. The molecule has 1 saturated carbocycles. The van der Waals surface area contributed by atoms with Gasteiger partial charge in [0.15, 0.2) is 0 Å². The predicted octanol–water partition coefficient (Wildman–Crippen LogP) is 2.92. The van der Waals surface area contributed by atoms with Crippen LogP contribution in [0.1, 0.15) is 47.0 Å². The molecule has 0 N–H and O–H groups in total. The molecule has 21 heavy (non-hydrogen) atoms. The van der Waals surface area contributed by atoms with E-state index in [1.807, 2.05) is 6.07 Å². The van der Waals surface area contributed by atoms with E-state index in [9.17, 15) is 0 Å². The Balaban J connectivity index is 1.76. The molecule has 114 valence electrons. The third-order valence-electron chi connectivity index (χ3n) is 4.68. The van der Waals surface area contributed by atoms with Gasteiger partial charge in [-0.25, -0.2) is 4.98 Å². The van der Waals surface area contributed by atoms with Crippen LogP contribution in [0.15, 0.2) is 12.3 Å². The second-order valence-corrected chi connectivity index (χ2v) is 7.98. The Hall–Kier alpha value is -0.335. The van der Waals surface area contributed by atoms with Crippen LogP contribution in [0.5, 0.6) is 5.88 Å². The van der Waals surface area contributed by atoms with Crippen LogP contribution >= 0.6 is 22.6 Å². The molecule has 0 spiro atoms. The number of rotatable bonds is 3. The maximum Gasteiger partial charge on any atom is 0.496 e. The van der Waals surface area contributed by atoms with E-state index in [1.54, 1.807) is 6.20 Å². The average Bonchev–Trinajstić information content (AvgIpc) is 2.54. The first-order valence-electron chi connectivity index (χ1n) is 7.46. The van der Waals surface area contributed by atoms with Crippen molar-refractivity contribution < 1.29 is 14.0 Å². The third-order valence-corrected chi connectivity index (χ3v) is 5.46. The molecule has 2 fully saturated rings. The Morgan fingerprint density at radius 1 is 1.24 bits per heavy atom. The van der Waals surface area contributed by atoms with Crippen molar-refractivity contribution in [3.05, 3.63) is 15.8 Å². The molecular formula is C15H21BINO3. The van der Waals surface area contributed by atoms with Gasteiger partial charge in [0.25, 0.3) is 0 Å². The SMILES string of the molecule is CC1(C)OB(c2cnc(OC3CCC3)c(I)c2)OC1(C)C. The van der Waals surface area contributed by atoms with Crippen molar-refractivity contribution in [2.45, 2.75) is 64.3 Å². The second kappa shape index (κ2) is 5.39. The molecule has 3 rings (SSSR count). The maximum absolute atomic E-state index is 6.05. The lowest BCUT2D eigenvalue weighted by atomic mass is 9.80. The van der Waals surface area contributed by atoms with E-state index in [1.165, 1.54) is 6.42 Å². The zero-order valence-corrected chi connectivity index (χ0v) is 15.1. The van der Waals surface area contributed by atoms with Crippen LogP contribution in [0.4, 0.5) is 0 Å². The molecule has 2 heterocycles. The van der Waals surface area contributed by atoms with Crippen LogP contribution in [0, 0.1) is 3.57 Å². The number of nitrogens with zero attached hydrogens (tertiary/aromatic N) is 1. The summed E-state index contributed by atoms with van der Waals surface area (Å²) in [5.74, 6) is 0.723. The highest BCUT2D eigenvalue weighted by Gasteiger charge is 2.51. The molecule has 0 aromatic carbocycles. The van der Waals surface area contributed by atoms with Crippen molar-refractivity contribution in [2.24, 2.45) is 0 Å². The van der Waals surface area contributed by atoms with Crippen molar-refractivity contribution in [3.8, 4) is 5.88 Å². The Morgan fingerprint density at radius 3 is 2.33 bits per heavy atom. The van der Waals surface area contributed by atoms with Gasteiger partial charge in [-0.15, -0.1) is 0 Å². The van der Waals surface area contributed by atoms with Crippen LogP contribution in [0.3, 0.4) is 0 Å². The highest BCUT2D eigenvalue weighted by Crippen LogP contribution is 2.36. The highest BCUT2D eigenvalue weighted by molar-refractivity contribution is 14.1.